The Hall–Kier alpha value is -3.01. The van der Waals surface area contributed by atoms with Crippen molar-refractivity contribution >= 4 is 38.9 Å². The lowest BCUT2D eigenvalue weighted by atomic mass is 10.2. The summed E-state index contributed by atoms with van der Waals surface area (Å²) in [6, 6.07) is 16.5. The smallest absolute Gasteiger partial charge is 0.353 e. The van der Waals surface area contributed by atoms with Gasteiger partial charge in [-0.05, 0) is 30.3 Å². The summed E-state index contributed by atoms with van der Waals surface area (Å²) < 4.78 is 31.9. The van der Waals surface area contributed by atoms with E-state index in [4.69, 9.17) is 4.74 Å². The standard InChI is InChI=1S/C22H22N2O5S2/c1-3-24(4-2)31(27,28)19-14-20(30-15-19)22(26)29-18-12-8-11-17(13-18)23-21(25)16-9-6-5-7-10-16/h5-15H,3-4H2,1-2H3,(H,23,25). The number of thiophene rings is 1. The summed E-state index contributed by atoms with van der Waals surface area (Å²) in [6.45, 7) is 4.20. The molecule has 7 nitrogen and oxygen atoms in total. The predicted octanol–water partition coefficient (Wildman–Crippen LogP) is 4.25. The number of hydrogen-bond donors (Lipinski definition) is 1. The highest BCUT2D eigenvalue weighted by molar-refractivity contribution is 7.89. The molecule has 2 aromatic carbocycles. The van der Waals surface area contributed by atoms with Gasteiger partial charge in [0, 0.05) is 35.8 Å². The van der Waals surface area contributed by atoms with E-state index in [0.717, 1.165) is 11.3 Å². The number of carbonyl (C=O) groups excluding carboxylic acids is 2. The average molecular weight is 459 g/mol. The van der Waals surface area contributed by atoms with E-state index in [9.17, 15) is 18.0 Å². The molecule has 0 saturated heterocycles. The van der Waals surface area contributed by atoms with Gasteiger partial charge in [-0.15, -0.1) is 11.3 Å². The summed E-state index contributed by atoms with van der Waals surface area (Å²) in [7, 11) is -3.64. The van der Waals surface area contributed by atoms with Gasteiger partial charge in [-0.25, -0.2) is 13.2 Å². The van der Waals surface area contributed by atoms with Crippen LogP contribution in [0.1, 0.15) is 33.9 Å². The number of rotatable bonds is 8. The van der Waals surface area contributed by atoms with E-state index in [1.54, 1.807) is 56.3 Å². The lowest BCUT2D eigenvalue weighted by Gasteiger charge is -2.17. The molecule has 0 fully saturated rings. The van der Waals surface area contributed by atoms with Crippen LogP contribution in [-0.4, -0.2) is 37.7 Å². The van der Waals surface area contributed by atoms with Crippen molar-refractivity contribution < 1.29 is 22.7 Å². The van der Waals surface area contributed by atoms with Crippen molar-refractivity contribution in [2.24, 2.45) is 0 Å². The highest BCUT2D eigenvalue weighted by Crippen LogP contribution is 2.25. The summed E-state index contributed by atoms with van der Waals surface area (Å²) in [4.78, 5) is 25.0. The first-order valence-corrected chi connectivity index (χ1v) is 11.9. The van der Waals surface area contributed by atoms with Crippen molar-refractivity contribution in [1.82, 2.24) is 4.31 Å². The summed E-state index contributed by atoms with van der Waals surface area (Å²) in [6.07, 6.45) is 0. The van der Waals surface area contributed by atoms with Crippen LogP contribution in [0.25, 0.3) is 0 Å². The second-order valence-electron chi connectivity index (χ2n) is 6.47. The van der Waals surface area contributed by atoms with E-state index in [-0.39, 0.29) is 21.4 Å². The Morgan fingerprint density at radius 2 is 1.71 bits per heavy atom. The largest absolute Gasteiger partial charge is 0.422 e. The number of ether oxygens (including phenoxy) is 1. The quantitative estimate of drug-likeness (QED) is 0.402. The van der Waals surface area contributed by atoms with Gasteiger partial charge in [0.2, 0.25) is 10.0 Å². The van der Waals surface area contributed by atoms with Crippen LogP contribution in [-0.2, 0) is 10.0 Å². The average Bonchev–Trinajstić information content (AvgIpc) is 3.27. The van der Waals surface area contributed by atoms with E-state index >= 15 is 0 Å². The third-order valence-electron chi connectivity index (χ3n) is 4.46. The van der Waals surface area contributed by atoms with Crippen LogP contribution in [0, 0.1) is 0 Å². The molecule has 0 aliphatic heterocycles. The summed E-state index contributed by atoms with van der Waals surface area (Å²) >= 11 is 1.00. The van der Waals surface area contributed by atoms with Crippen molar-refractivity contribution in [1.29, 1.82) is 0 Å². The third kappa shape index (κ3) is 5.38. The number of esters is 1. The molecule has 0 spiro atoms. The molecule has 0 bridgehead atoms. The van der Waals surface area contributed by atoms with Gasteiger partial charge >= 0.3 is 5.97 Å². The van der Waals surface area contributed by atoms with Crippen LogP contribution in [0.3, 0.4) is 0 Å². The number of sulfonamides is 1. The molecule has 0 radical (unpaired) electrons. The molecular formula is C22H22N2O5S2. The first-order valence-electron chi connectivity index (χ1n) is 9.62. The first kappa shape index (κ1) is 22.7. The van der Waals surface area contributed by atoms with Crippen molar-refractivity contribution in [3.63, 3.8) is 0 Å². The number of benzene rings is 2. The molecule has 3 rings (SSSR count). The van der Waals surface area contributed by atoms with Gasteiger partial charge in [0.1, 0.15) is 10.6 Å². The monoisotopic (exact) mass is 458 g/mol. The second-order valence-corrected chi connectivity index (χ2v) is 9.32. The maximum Gasteiger partial charge on any atom is 0.353 e. The number of anilines is 1. The van der Waals surface area contributed by atoms with Gasteiger partial charge in [-0.2, -0.15) is 4.31 Å². The van der Waals surface area contributed by atoms with Crippen LogP contribution in [0.4, 0.5) is 5.69 Å². The Balaban J connectivity index is 1.71. The van der Waals surface area contributed by atoms with Crippen LogP contribution in [0.15, 0.2) is 70.9 Å². The van der Waals surface area contributed by atoms with Gasteiger partial charge in [0.05, 0.1) is 4.90 Å². The highest BCUT2D eigenvalue weighted by Gasteiger charge is 2.24. The summed E-state index contributed by atoms with van der Waals surface area (Å²) in [5.41, 5.74) is 0.973. The van der Waals surface area contributed by atoms with Crippen molar-refractivity contribution in [2.75, 3.05) is 18.4 Å². The maximum atomic E-state index is 12.6. The molecule has 9 heteroatoms. The van der Waals surface area contributed by atoms with Crippen molar-refractivity contribution in [2.45, 2.75) is 18.7 Å². The van der Waals surface area contributed by atoms with Gasteiger partial charge in [-0.3, -0.25) is 4.79 Å². The fraction of sp³-hybridized carbons (Fsp3) is 0.182. The zero-order valence-electron chi connectivity index (χ0n) is 17.1. The molecule has 0 aliphatic rings. The third-order valence-corrected chi connectivity index (χ3v) is 7.55. The van der Waals surface area contributed by atoms with Crippen molar-refractivity contribution in [3.8, 4) is 5.75 Å². The zero-order valence-corrected chi connectivity index (χ0v) is 18.7. The lowest BCUT2D eigenvalue weighted by molar-refractivity contribution is 0.0739. The molecule has 162 valence electrons. The Bertz CT molecular complexity index is 1170. The Labute approximate surface area is 185 Å². The minimum absolute atomic E-state index is 0.0667. The number of hydrogen-bond acceptors (Lipinski definition) is 6. The fourth-order valence-corrected chi connectivity index (χ4v) is 5.46. The van der Waals surface area contributed by atoms with Crippen LogP contribution in [0.2, 0.25) is 0 Å². The first-order chi connectivity index (χ1) is 14.8. The van der Waals surface area contributed by atoms with Gasteiger partial charge in [0.15, 0.2) is 0 Å². The minimum atomic E-state index is -3.64. The molecule has 0 unspecified atom stereocenters. The minimum Gasteiger partial charge on any atom is -0.422 e. The summed E-state index contributed by atoms with van der Waals surface area (Å²) in [5, 5.41) is 4.18. The van der Waals surface area contributed by atoms with E-state index in [1.165, 1.54) is 21.8 Å². The number of amides is 1. The van der Waals surface area contributed by atoms with E-state index in [0.29, 0.717) is 24.3 Å². The fourth-order valence-electron chi connectivity index (χ4n) is 2.86. The second kappa shape index (κ2) is 9.86. The molecule has 0 atom stereocenters. The van der Waals surface area contributed by atoms with E-state index < -0.39 is 16.0 Å². The van der Waals surface area contributed by atoms with Crippen LogP contribution < -0.4 is 10.1 Å². The SMILES string of the molecule is CCN(CC)S(=O)(=O)c1csc(C(=O)Oc2cccc(NC(=O)c3ccccc3)c2)c1. The Morgan fingerprint density at radius 3 is 2.39 bits per heavy atom. The molecular weight excluding hydrogens is 436 g/mol. The molecule has 31 heavy (non-hydrogen) atoms. The molecule has 0 aliphatic carbocycles. The van der Waals surface area contributed by atoms with E-state index in [2.05, 4.69) is 5.32 Å². The topological polar surface area (TPSA) is 92.8 Å². The normalized spacial score (nSPS) is 11.3. The molecule has 1 amide bonds. The Kier molecular flexibility index (Phi) is 7.21. The van der Waals surface area contributed by atoms with Crippen LogP contribution in [0.5, 0.6) is 5.75 Å². The van der Waals surface area contributed by atoms with E-state index in [1.807, 2.05) is 6.07 Å². The molecule has 3 aromatic rings. The van der Waals surface area contributed by atoms with Gasteiger partial charge < -0.3 is 10.1 Å². The van der Waals surface area contributed by atoms with Crippen LogP contribution >= 0.6 is 11.3 Å². The summed E-state index contributed by atoms with van der Waals surface area (Å²) in [5.74, 6) is -0.719. The van der Waals surface area contributed by atoms with Crippen molar-refractivity contribution in [3.05, 3.63) is 76.5 Å². The molecule has 1 heterocycles. The zero-order chi connectivity index (χ0) is 22.4. The number of nitrogens with one attached hydrogen (secondary N) is 1. The number of carbonyl (C=O) groups is 2. The van der Waals surface area contributed by atoms with Gasteiger partial charge in [0.25, 0.3) is 5.91 Å². The maximum absolute atomic E-state index is 12.6. The number of nitrogens with zero attached hydrogens (tertiary/aromatic N) is 1. The van der Waals surface area contributed by atoms with Gasteiger partial charge in [-0.1, -0.05) is 38.1 Å². The highest BCUT2D eigenvalue weighted by atomic mass is 32.2. The molecule has 1 N–H and O–H groups in total. The lowest BCUT2D eigenvalue weighted by Crippen LogP contribution is -2.30. The Morgan fingerprint density at radius 1 is 1.00 bits per heavy atom. The molecule has 1 aromatic heterocycles. The predicted molar refractivity (Wildman–Crippen MR) is 120 cm³/mol. The molecule has 0 saturated carbocycles.